The van der Waals surface area contributed by atoms with Gasteiger partial charge >= 0.3 is 0 Å². The summed E-state index contributed by atoms with van der Waals surface area (Å²) in [5.41, 5.74) is 6.80. The Morgan fingerprint density at radius 2 is 1.75 bits per heavy atom. The van der Waals surface area contributed by atoms with Crippen molar-refractivity contribution < 1.29 is 4.79 Å². The van der Waals surface area contributed by atoms with Crippen molar-refractivity contribution in [1.82, 2.24) is 24.7 Å². The van der Waals surface area contributed by atoms with Crippen LogP contribution in [0.1, 0.15) is 22.8 Å². The van der Waals surface area contributed by atoms with Gasteiger partial charge in [0, 0.05) is 46.7 Å². The van der Waals surface area contributed by atoms with Crippen LogP contribution in [0, 0.1) is 32.1 Å². The molecule has 8 heteroatoms. The summed E-state index contributed by atoms with van der Waals surface area (Å²) >= 11 is 0. The van der Waals surface area contributed by atoms with Gasteiger partial charge in [-0.1, -0.05) is 0 Å². The van der Waals surface area contributed by atoms with Crippen LogP contribution in [0.15, 0.2) is 55.0 Å². The first-order chi connectivity index (χ1) is 15.4. The number of nitrogens with zero attached hydrogens (tertiary/aromatic N) is 6. The van der Waals surface area contributed by atoms with Gasteiger partial charge in [0.25, 0.3) is 0 Å². The van der Waals surface area contributed by atoms with Gasteiger partial charge in [0.1, 0.15) is 24.1 Å². The largest absolute Gasteiger partial charge is 0.309 e. The Balaban J connectivity index is 1.46. The molecule has 8 nitrogen and oxygen atoms in total. The van der Waals surface area contributed by atoms with E-state index in [0.29, 0.717) is 11.5 Å². The number of amides is 1. The molecular weight excluding hydrogens is 402 g/mol. The van der Waals surface area contributed by atoms with E-state index in [9.17, 15) is 4.79 Å². The van der Waals surface area contributed by atoms with E-state index in [-0.39, 0.29) is 12.5 Å². The maximum Gasteiger partial charge on any atom is 0.247 e. The fourth-order valence-electron chi connectivity index (χ4n) is 3.56. The maximum absolute atomic E-state index is 12.6. The van der Waals surface area contributed by atoms with Crippen molar-refractivity contribution in [1.29, 1.82) is 5.26 Å². The first kappa shape index (κ1) is 20.9. The van der Waals surface area contributed by atoms with Gasteiger partial charge in [0.15, 0.2) is 0 Å². The van der Waals surface area contributed by atoms with Crippen LogP contribution < -0.4 is 5.32 Å². The normalized spacial score (nSPS) is 10.6. The lowest BCUT2D eigenvalue weighted by Crippen LogP contribution is -2.20. The average molecular weight is 423 g/mol. The van der Waals surface area contributed by atoms with E-state index in [1.54, 1.807) is 35.4 Å². The molecule has 4 rings (SSSR count). The second kappa shape index (κ2) is 8.78. The fraction of sp³-hybridized carbons (Fsp3) is 0.167. The van der Waals surface area contributed by atoms with Crippen LogP contribution in [0.2, 0.25) is 0 Å². The maximum atomic E-state index is 12.6. The van der Waals surface area contributed by atoms with Crippen molar-refractivity contribution in [3.8, 4) is 28.3 Å². The SMILES string of the molecule is Cc1cc(-c2c(C)nn(CC(=O)Nc3ccc(-c4ccc(C#N)nc4)cn3)c2C)ccn1. The highest BCUT2D eigenvalue weighted by Crippen LogP contribution is 2.27. The molecule has 4 aromatic rings. The highest BCUT2D eigenvalue weighted by molar-refractivity contribution is 5.90. The molecule has 1 amide bonds. The van der Waals surface area contributed by atoms with Gasteiger partial charge in [0.05, 0.1) is 5.69 Å². The topological polar surface area (TPSA) is 109 Å². The minimum Gasteiger partial charge on any atom is -0.309 e. The Labute approximate surface area is 185 Å². The van der Waals surface area contributed by atoms with E-state index in [1.165, 1.54) is 0 Å². The quantitative estimate of drug-likeness (QED) is 0.522. The van der Waals surface area contributed by atoms with E-state index < -0.39 is 0 Å². The Morgan fingerprint density at radius 3 is 2.38 bits per heavy atom. The fourth-order valence-corrected chi connectivity index (χ4v) is 3.56. The minimum absolute atomic E-state index is 0.0830. The molecule has 0 aromatic carbocycles. The van der Waals surface area contributed by atoms with Crippen molar-refractivity contribution in [2.75, 3.05) is 5.32 Å². The van der Waals surface area contributed by atoms with Gasteiger partial charge in [-0.2, -0.15) is 10.4 Å². The van der Waals surface area contributed by atoms with Crippen molar-refractivity contribution in [2.24, 2.45) is 0 Å². The number of hydrogen-bond acceptors (Lipinski definition) is 6. The number of hydrogen-bond donors (Lipinski definition) is 1. The van der Waals surface area contributed by atoms with Crippen LogP contribution in [0.4, 0.5) is 5.82 Å². The van der Waals surface area contributed by atoms with Crippen LogP contribution in [-0.2, 0) is 11.3 Å². The molecule has 1 N–H and O–H groups in total. The van der Waals surface area contributed by atoms with E-state index in [4.69, 9.17) is 5.26 Å². The molecule has 0 aliphatic heterocycles. The summed E-state index contributed by atoms with van der Waals surface area (Å²) in [7, 11) is 0. The third-order valence-electron chi connectivity index (χ3n) is 5.10. The molecule has 0 radical (unpaired) electrons. The smallest absolute Gasteiger partial charge is 0.247 e. The Hall–Kier alpha value is -4.38. The summed E-state index contributed by atoms with van der Waals surface area (Å²) in [6.45, 7) is 5.92. The molecule has 0 aliphatic carbocycles. The lowest BCUT2D eigenvalue weighted by Gasteiger charge is -2.08. The summed E-state index contributed by atoms with van der Waals surface area (Å²) in [5.74, 6) is 0.236. The Kier molecular flexibility index (Phi) is 5.73. The monoisotopic (exact) mass is 423 g/mol. The molecule has 4 aromatic heterocycles. The molecule has 4 heterocycles. The molecule has 0 saturated carbocycles. The number of carbonyl (C=O) groups is 1. The third-order valence-corrected chi connectivity index (χ3v) is 5.10. The molecule has 0 unspecified atom stereocenters. The second-order valence-electron chi connectivity index (χ2n) is 7.41. The number of rotatable bonds is 5. The lowest BCUT2D eigenvalue weighted by atomic mass is 10.0. The predicted molar refractivity (Wildman–Crippen MR) is 120 cm³/mol. The number of anilines is 1. The van der Waals surface area contributed by atoms with E-state index >= 15 is 0 Å². The number of pyridine rings is 3. The minimum atomic E-state index is -0.214. The van der Waals surface area contributed by atoms with Crippen LogP contribution in [0.25, 0.3) is 22.3 Å². The van der Waals surface area contributed by atoms with E-state index in [0.717, 1.165) is 39.3 Å². The molecule has 32 heavy (non-hydrogen) atoms. The number of aryl methyl sites for hydroxylation is 2. The highest BCUT2D eigenvalue weighted by Gasteiger charge is 2.16. The molecule has 0 spiro atoms. The molecule has 0 bridgehead atoms. The zero-order valence-electron chi connectivity index (χ0n) is 18.0. The highest BCUT2D eigenvalue weighted by atomic mass is 16.2. The van der Waals surface area contributed by atoms with Crippen LogP contribution in [-0.4, -0.2) is 30.6 Å². The molecule has 158 valence electrons. The Morgan fingerprint density at radius 1 is 1.00 bits per heavy atom. The summed E-state index contributed by atoms with van der Waals surface area (Å²) in [5, 5.41) is 16.2. The number of nitriles is 1. The Bertz CT molecular complexity index is 1320. The van der Waals surface area contributed by atoms with Crippen molar-refractivity contribution in [2.45, 2.75) is 27.3 Å². The summed E-state index contributed by atoms with van der Waals surface area (Å²) in [6.07, 6.45) is 5.06. The molecular formula is C24H21N7O. The lowest BCUT2D eigenvalue weighted by molar-refractivity contribution is -0.117. The van der Waals surface area contributed by atoms with E-state index in [1.807, 2.05) is 51.1 Å². The predicted octanol–water partition coefficient (Wildman–Crippen LogP) is 3.84. The molecule has 0 atom stereocenters. The van der Waals surface area contributed by atoms with Gasteiger partial charge in [-0.25, -0.2) is 9.97 Å². The van der Waals surface area contributed by atoms with Gasteiger partial charge in [-0.15, -0.1) is 0 Å². The zero-order chi connectivity index (χ0) is 22.7. The van der Waals surface area contributed by atoms with Crippen molar-refractivity contribution in [3.63, 3.8) is 0 Å². The summed E-state index contributed by atoms with van der Waals surface area (Å²) in [6, 6.07) is 13.0. The standard InChI is InChI=1S/C24H21N7O/c1-15-10-18(8-9-26-15)24-16(2)30-31(17(24)3)14-23(32)29-22-7-5-20(13-28-22)19-4-6-21(11-25)27-12-19/h4-10,12-13H,14H2,1-3H3,(H,28,29,32). The molecule has 0 fully saturated rings. The van der Waals surface area contributed by atoms with Gasteiger partial charge in [-0.05, 0) is 62.7 Å². The van der Waals surface area contributed by atoms with Crippen molar-refractivity contribution >= 4 is 11.7 Å². The average Bonchev–Trinajstić information content (AvgIpc) is 3.07. The van der Waals surface area contributed by atoms with Crippen molar-refractivity contribution in [3.05, 3.63) is 77.8 Å². The number of aromatic nitrogens is 5. The van der Waals surface area contributed by atoms with Gasteiger partial charge < -0.3 is 5.32 Å². The zero-order valence-corrected chi connectivity index (χ0v) is 18.0. The van der Waals surface area contributed by atoms with E-state index in [2.05, 4.69) is 25.4 Å². The van der Waals surface area contributed by atoms with Crippen LogP contribution in [0.3, 0.4) is 0 Å². The summed E-state index contributed by atoms with van der Waals surface area (Å²) < 4.78 is 1.70. The first-order valence-corrected chi connectivity index (χ1v) is 10.0. The number of carbonyl (C=O) groups excluding carboxylic acids is 1. The van der Waals surface area contributed by atoms with Gasteiger partial charge in [-0.3, -0.25) is 14.5 Å². The first-order valence-electron chi connectivity index (χ1n) is 10.0. The summed E-state index contributed by atoms with van der Waals surface area (Å²) in [4.78, 5) is 25.2. The molecule has 0 aliphatic rings. The number of nitrogens with one attached hydrogen (secondary N) is 1. The van der Waals surface area contributed by atoms with Gasteiger partial charge in [0.2, 0.25) is 5.91 Å². The second-order valence-corrected chi connectivity index (χ2v) is 7.41. The molecule has 0 saturated heterocycles. The third kappa shape index (κ3) is 4.37. The van der Waals surface area contributed by atoms with Crippen LogP contribution >= 0.6 is 0 Å². The van der Waals surface area contributed by atoms with Crippen LogP contribution in [0.5, 0.6) is 0 Å².